The van der Waals surface area contributed by atoms with Gasteiger partial charge in [0.1, 0.15) is 11.9 Å². The van der Waals surface area contributed by atoms with Crippen molar-refractivity contribution < 1.29 is 14.6 Å². The number of hydrogen-bond acceptors (Lipinski definition) is 5. The summed E-state index contributed by atoms with van der Waals surface area (Å²) in [7, 11) is 1.87. The van der Waals surface area contributed by atoms with Crippen LogP contribution in [0.1, 0.15) is 24.0 Å². The molecule has 2 atom stereocenters. The molecule has 22 heavy (non-hydrogen) atoms. The number of rotatable bonds is 3. The normalized spacial score (nSPS) is 21.0. The number of nitrogens with one attached hydrogen (secondary N) is 1. The zero-order valence-corrected chi connectivity index (χ0v) is 12.5. The molecule has 1 aliphatic heterocycles. The third-order valence-electron chi connectivity index (χ3n) is 3.80. The molecule has 2 aromatic heterocycles. The largest absolute Gasteiger partial charge is 0.504 e. The number of carbonyl (C=O) groups is 1. The van der Waals surface area contributed by atoms with Crippen molar-refractivity contribution >= 4 is 11.7 Å². The molecule has 0 aromatic carbocycles. The number of aromatic hydroxyl groups is 1. The second-order valence-electron chi connectivity index (χ2n) is 5.39. The molecule has 0 radical (unpaired) electrons. The minimum absolute atomic E-state index is 0.0496. The van der Waals surface area contributed by atoms with Crippen LogP contribution >= 0.6 is 0 Å². The number of amides is 1. The van der Waals surface area contributed by atoms with Crippen molar-refractivity contribution in [2.75, 3.05) is 11.9 Å². The number of carbonyl (C=O) groups excluding carboxylic acids is 1. The number of pyridine rings is 1. The van der Waals surface area contributed by atoms with Crippen molar-refractivity contribution in [1.29, 1.82) is 0 Å². The minimum atomic E-state index is -0.382. The number of ether oxygens (including phenoxy) is 1. The molecule has 0 unspecified atom stereocenters. The van der Waals surface area contributed by atoms with E-state index in [1.807, 2.05) is 17.8 Å². The number of aromatic nitrogens is 3. The summed E-state index contributed by atoms with van der Waals surface area (Å²) in [6, 6.07) is 3.19. The highest BCUT2D eigenvalue weighted by Crippen LogP contribution is 2.34. The van der Waals surface area contributed by atoms with Crippen LogP contribution in [0.5, 0.6) is 5.75 Å². The summed E-state index contributed by atoms with van der Waals surface area (Å²) in [4.78, 5) is 20.9. The van der Waals surface area contributed by atoms with E-state index in [1.54, 1.807) is 19.2 Å². The first-order chi connectivity index (χ1) is 10.6. The van der Waals surface area contributed by atoms with Crippen LogP contribution < -0.4 is 5.32 Å². The Labute approximate surface area is 128 Å². The average Bonchev–Trinajstić information content (AvgIpc) is 3.11. The first-order valence-corrected chi connectivity index (χ1v) is 7.12. The molecule has 0 spiro atoms. The van der Waals surface area contributed by atoms with Gasteiger partial charge in [0.2, 0.25) is 5.91 Å². The van der Waals surface area contributed by atoms with Crippen LogP contribution in [0.3, 0.4) is 0 Å². The summed E-state index contributed by atoms with van der Waals surface area (Å²) in [5, 5.41) is 12.5. The van der Waals surface area contributed by atoms with Crippen LogP contribution in [-0.2, 0) is 16.6 Å². The van der Waals surface area contributed by atoms with Gasteiger partial charge in [0, 0.05) is 31.7 Å². The number of hydrogen-bond donors (Lipinski definition) is 2. The van der Waals surface area contributed by atoms with E-state index in [-0.39, 0.29) is 29.5 Å². The topological polar surface area (TPSA) is 89.3 Å². The Balaban J connectivity index is 1.79. The van der Waals surface area contributed by atoms with Crippen molar-refractivity contribution in [1.82, 2.24) is 14.5 Å². The molecule has 3 rings (SSSR count). The van der Waals surface area contributed by atoms with Gasteiger partial charge in [0.25, 0.3) is 0 Å². The highest BCUT2D eigenvalue weighted by atomic mass is 16.5. The van der Waals surface area contributed by atoms with Crippen LogP contribution in [0.25, 0.3) is 0 Å². The van der Waals surface area contributed by atoms with Gasteiger partial charge >= 0.3 is 0 Å². The number of anilines is 1. The fourth-order valence-electron chi connectivity index (χ4n) is 2.61. The van der Waals surface area contributed by atoms with E-state index in [4.69, 9.17) is 4.74 Å². The van der Waals surface area contributed by atoms with Gasteiger partial charge in [-0.2, -0.15) is 0 Å². The molecule has 1 fully saturated rings. The molecule has 2 N–H and O–H groups in total. The maximum Gasteiger partial charge on any atom is 0.231 e. The van der Waals surface area contributed by atoms with Crippen molar-refractivity contribution in [3.63, 3.8) is 0 Å². The Morgan fingerprint density at radius 1 is 1.50 bits per heavy atom. The lowest BCUT2D eigenvalue weighted by Crippen LogP contribution is -2.27. The summed E-state index contributed by atoms with van der Waals surface area (Å²) in [6.07, 6.45) is 3.72. The molecule has 7 heteroatoms. The van der Waals surface area contributed by atoms with E-state index in [1.165, 1.54) is 6.07 Å². The van der Waals surface area contributed by atoms with Crippen LogP contribution in [0.2, 0.25) is 0 Å². The highest BCUT2D eigenvalue weighted by molar-refractivity contribution is 5.93. The quantitative estimate of drug-likeness (QED) is 0.898. The molecule has 1 saturated heterocycles. The number of nitrogens with zero attached hydrogens (tertiary/aromatic N) is 3. The Kier molecular flexibility index (Phi) is 3.81. The summed E-state index contributed by atoms with van der Waals surface area (Å²) in [5.41, 5.74) is 0.719. The predicted molar refractivity (Wildman–Crippen MR) is 79.3 cm³/mol. The molecule has 116 valence electrons. The van der Waals surface area contributed by atoms with Crippen LogP contribution in [0.4, 0.5) is 5.82 Å². The maximum absolute atomic E-state index is 12.5. The van der Waals surface area contributed by atoms with Gasteiger partial charge in [0.05, 0.1) is 5.92 Å². The van der Waals surface area contributed by atoms with E-state index in [0.717, 1.165) is 11.5 Å². The maximum atomic E-state index is 12.5. The summed E-state index contributed by atoms with van der Waals surface area (Å²) >= 11 is 0. The lowest BCUT2D eigenvalue weighted by Gasteiger charge is -2.18. The molecule has 1 amide bonds. The highest BCUT2D eigenvalue weighted by Gasteiger charge is 2.37. The third-order valence-corrected chi connectivity index (χ3v) is 3.80. The first-order valence-electron chi connectivity index (χ1n) is 7.12. The second kappa shape index (κ2) is 5.76. The molecule has 1 aliphatic rings. The number of imidazole rings is 1. The first kappa shape index (κ1) is 14.5. The van der Waals surface area contributed by atoms with Crippen molar-refractivity contribution in [2.45, 2.75) is 19.4 Å². The third kappa shape index (κ3) is 2.67. The van der Waals surface area contributed by atoms with Gasteiger partial charge in [-0.25, -0.2) is 9.97 Å². The zero-order chi connectivity index (χ0) is 15.7. The lowest BCUT2D eigenvalue weighted by molar-refractivity contribution is -0.121. The minimum Gasteiger partial charge on any atom is -0.504 e. The molecule has 0 aliphatic carbocycles. The van der Waals surface area contributed by atoms with Gasteiger partial charge in [-0.3, -0.25) is 4.79 Å². The van der Waals surface area contributed by atoms with E-state index < -0.39 is 0 Å². The fraction of sp³-hybridized carbons (Fsp3) is 0.400. The van der Waals surface area contributed by atoms with Gasteiger partial charge in [-0.15, -0.1) is 0 Å². The summed E-state index contributed by atoms with van der Waals surface area (Å²) in [5.74, 6) is 0.266. The molecular weight excluding hydrogens is 284 g/mol. The number of aryl methyl sites for hydroxylation is 2. The smallest absolute Gasteiger partial charge is 0.231 e. The van der Waals surface area contributed by atoms with Gasteiger partial charge < -0.3 is 19.7 Å². The molecule has 2 aromatic rings. The van der Waals surface area contributed by atoms with Crippen molar-refractivity contribution in [3.05, 3.63) is 36.0 Å². The molecular formula is C15H18N4O3. The van der Waals surface area contributed by atoms with Crippen LogP contribution in [0, 0.1) is 12.8 Å². The van der Waals surface area contributed by atoms with Crippen molar-refractivity contribution in [3.8, 4) is 5.75 Å². The standard InChI is InChI=1S/C15H18N4O3/c1-9-3-4-11(20)13(17-9)18-15(21)10-5-8-22-12(10)14-16-6-7-19(14)2/h3-4,6-7,10,12,20H,5,8H2,1-2H3,(H,17,18,21)/t10-,12-/m1/s1. The van der Waals surface area contributed by atoms with Crippen LogP contribution in [0.15, 0.2) is 24.5 Å². The molecule has 0 saturated carbocycles. The van der Waals surface area contributed by atoms with Gasteiger partial charge in [0.15, 0.2) is 11.6 Å². The lowest BCUT2D eigenvalue weighted by atomic mass is 10.00. The average molecular weight is 302 g/mol. The van der Waals surface area contributed by atoms with E-state index in [0.29, 0.717) is 13.0 Å². The summed E-state index contributed by atoms with van der Waals surface area (Å²) in [6.45, 7) is 2.30. The Morgan fingerprint density at radius 2 is 2.32 bits per heavy atom. The Hall–Kier alpha value is -2.41. The van der Waals surface area contributed by atoms with E-state index >= 15 is 0 Å². The zero-order valence-electron chi connectivity index (χ0n) is 12.5. The Morgan fingerprint density at radius 3 is 3.05 bits per heavy atom. The monoisotopic (exact) mass is 302 g/mol. The second-order valence-corrected chi connectivity index (χ2v) is 5.39. The molecule has 3 heterocycles. The summed E-state index contributed by atoms with van der Waals surface area (Å²) < 4.78 is 7.52. The van der Waals surface area contributed by atoms with Gasteiger partial charge in [-0.05, 0) is 25.5 Å². The Bertz CT molecular complexity index is 698. The predicted octanol–water partition coefficient (Wildman–Crippen LogP) is 1.55. The van der Waals surface area contributed by atoms with Gasteiger partial charge in [-0.1, -0.05) is 0 Å². The molecule has 7 nitrogen and oxygen atoms in total. The van der Waals surface area contributed by atoms with E-state index in [2.05, 4.69) is 15.3 Å². The van der Waals surface area contributed by atoms with Crippen molar-refractivity contribution in [2.24, 2.45) is 13.0 Å². The SMILES string of the molecule is Cc1ccc(O)c(NC(=O)[C@@H]2CCO[C@H]2c2nccn2C)n1. The van der Waals surface area contributed by atoms with Crippen LogP contribution in [-0.4, -0.2) is 32.2 Å². The molecule has 0 bridgehead atoms. The fourth-order valence-corrected chi connectivity index (χ4v) is 2.61. The van der Waals surface area contributed by atoms with E-state index in [9.17, 15) is 9.90 Å².